The van der Waals surface area contributed by atoms with Gasteiger partial charge in [0.05, 0.1) is 18.7 Å². The summed E-state index contributed by atoms with van der Waals surface area (Å²) in [6.07, 6.45) is 0.427. The zero-order valence-corrected chi connectivity index (χ0v) is 10.3. The van der Waals surface area contributed by atoms with Gasteiger partial charge in [0.15, 0.2) is 0 Å². The van der Waals surface area contributed by atoms with Gasteiger partial charge < -0.3 is 15.4 Å². The molecule has 1 heterocycles. The fraction of sp³-hybridized carbons (Fsp3) is 0.462. The van der Waals surface area contributed by atoms with Crippen molar-refractivity contribution in [1.82, 2.24) is 0 Å². The zero-order chi connectivity index (χ0) is 12.4. The van der Waals surface area contributed by atoms with Gasteiger partial charge in [-0.3, -0.25) is 4.79 Å². The maximum Gasteiger partial charge on any atom is 0.230 e. The van der Waals surface area contributed by atoms with Crippen LogP contribution in [0.1, 0.15) is 31.9 Å². The van der Waals surface area contributed by atoms with Gasteiger partial charge in [0.2, 0.25) is 5.91 Å². The highest BCUT2D eigenvalue weighted by Gasteiger charge is 2.22. The molecule has 0 aliphatic carbocycles. The van der Waals surface area contributed by atoms with Crippen molar-refractivity contribution in [3.8, 4) is 5.75 Å². The van der Waals surface area contributed by atoms with Crippen LogP contribution in [-0.4, -0.2) is 19.1 Å². The number of benzene rings is 1. The van der Waals surface area contributed by atoms with Gasteiger partial charge >= 0.3 is 0 Å². The van der Waals surface area contributed by atoms with Gasteiger partial charge in [0.25, 0.3) is 0 Å². The molecule has 0 fully saturated rings. The first-order valence-electron chi connectivity index (χ1n) is 5.96. The minimum absolute atomic E-state index is 0.0441. The lowest BCUT2D eigenvalue weighted by molar-refractivity contribution is -0.118. The predicted octanol–water partition coefficient (Wildman–Crippen LogP) is 1.84. The zero-order valence-electron chi connectivity index (χ0n) is 10.3. The summed E-state index contributed by atoms with van der Waals surface area (Å²) in [5.41, 5.74) is 7.72. The number of carbonyl (C=O) groups is 1. The van der Waals surface area contributed by atoms with Crippen molar-refractivity contribution in [2.24, 2.45) is 5.73 Å². The Hall–Kier alpha value is -1.55. The van der Waals surface area contributed by atoms with Gasteiger partial charge in [0.1, 0.15) is 5.75 Å². The second kappa shape index (κ2) is 4.75. The largest absolute Gasteiger partial charge is 0.491 e. The van der Waals surface area contributed by atoms with Crippen LogP contribution in [0.3, 0.4) is 0 Å². The third-order valence-corrected chi connectivity index (χ3v) is 2.99. The van der Waals surface area contributed by atoms with Crippen LogP contribution in [0.4, 0.5) is 5.69 Å². The van der Waals surface area contributed by atoms with E-state index in [9.17, 15) is 4.79 Å². The number of nitrogens with zero attached hydrogens (tertiary/aromatic N) is 1. The van der Waals surface area contributed by atoms with Crippen LogP contribution in [0.5, 0.6) is 5.75 Å². The van der Waals surface area contributed by atoms with E-state index >= 15 is 0 Å². The van der Waals surface area contributed by atoms with Crippen molar-refractivity contribution in [2.45, 2.75) is 26.3 Å². The Kier molecular flexibility index (Phi) is 3.33. The molecule has 17 heavy (non-hydrogen) atoms. The van der Waals surface area contributed by atoms with Crippen molar-refractivity contribution >= 4 is 11.6 Å². The van der Waals surface area contributed by atoms with E-state index in [1.165, 1.54) is 0 Å². The van der Waals surface area contributed by atoms with E-state index in [0.717, 1.165) is 17.0 Å². The fourth-order valence-electron chi connectivity index (χ4n) is 2.01. The molecular formula is C13H18N2O2. The first kappa shape index (κ1) is 11.9. The van der Waals surface area contributed by atoms with Gasteiger partial charge in [-0.05, 0) is 31.5 Å². The lowest BCUT2D eigenvalue weighted by Gasteiger charge is -2.21. The maximum absolute atomic E-state index is 11.9. The molecule has 1 aromatic carbocycles. The highest BCUT2D eigenvalue weighted by atomic mass is 16.5. The lowest BCUT2D eigenvalue weighted by Crippen LogP contribution is -2.29. The van der Waals surface area contributed by atoms with Crippen LogP contribution in [0.2, 0.25) is 0 Å². The van der Waals surface area contributed by atoms with E-state index in [0.29, 0.717) is 19.6 Å². The Morgan fingerprint density at radius 1 is 1.53 bits per heavy atom. The number of amides is 1. The molecule has 1 amide bonds. The smallest absolute Gasteiger partial charge is 0.230 e. The molecule has 0 saturated carbocycles. The number of nitrogens with two attached hydrogens (primary N) is 1. The minimum Gasteiger partial charge on any atom is -0.491 e. The number of hydrogen-bond acceptors (Lipinski definition) is 3. The number of anilines is 1. The Labute approximate surface area is 101 Å². The molecule has 2 N–H and O–H groups in total. The Morgan fingerprint density at radius 3 is 2.94 bits per heavy atom. The van der Waals surface area contributed by atoms with Crippen molar-refractivity contribution < 1.29 is 9.53 Å². The Bertz CT molecular complexity index is 429. The number of ether oxygens (including phenoxy) is 1. The van der Waals surface area contributed by atoms with Gasteiger partial charge in [-0.1, -0.05) is 6.07 Å². The molecule has 1 aliphatic rings. The molecule has 0 spiro atoms. The molecule has 0 radical (unpaired) electrons. The van der Waals surface area contributed by atoms with Crippen LogP contribution in [-0.2, 0) is 4.79 Å². The molecule has 1 aromatic rings. The SMILES string of the molecule is CCN1C(=O)CCOc2ccc(C(C)N)cc21. The summed E-state index contributed by atoms with van der Waals surface area (Å²) in [6, 6.07) is 5.76. The predicted molar refractivity (Wildman–Crippen MR) is 67.2 cm³/mol. The van der Waals surface area contributed by atoms with Crippen molar-refractivity contribution in [1.29, 1.82) is 0 Å². The molecule has 4 nitrogen and oxygen atoms in total. The summed E-state index contributed by atoms with van der Waals surface area (Å²) >= 11 is 0. The molecule has 1 aliphatic heterocycles. The van der Waals surface area contributed by atoms with Gasteiger partial charge in [-0.25, -0.2) is 0 Å². The molecule has 1 atom stereocenters. The summed E-state index contributed by atoms with van der Waals surface area (Å²) < 4.78 is 5.58. The van der Waals surface area contributed by atoms with E-state index in [1.54, 1.807) is 4.90 Å². The van der Waals surface area contributed by atoms with Gasteiger partial charge in [-0.15, -0.1) is 0 Å². The minimum atomic E-state index is -0.0441. The van der Waals surface area contributed by atoms with E-state index in [2.05, 4.69) is 0 Å². The highest BCUT2D eigenvalue weighted by Crippen LogP contribution is 2.33. The summed E-state index contributed by atoms with van der Waals surface area (Å²) in [5, 5.41) is 0. The van der Waals surface area contributed by atoms with Crippen molar-refractivity contribution in [2.75, 3.05) is 18.1 Å². The van der Waals surface area contributed by atoms with E-state index in [1.807, 2.05) is 32.0 Å². The normalized spacial score (nSPS) is 17.1. The number of fused-ring (bicyclic) bond motifs is 1. The van der Waals surface area contributed by atoms with E-state index in [-0.39, 0.29) is 11.9 Å². The van der Waals surface area contributed by atoms with E-state index in [4.69, 9.17) is 10.5 Å². The molecule has 92 valence electrons. The van der Waals surface area contributed by atoms with Crippen LogP contribution in [0, 0.1) is 0 Å². The third kappa shape index (κ3) is 2.26. The fourth-order valence-corrected chi connectivity index (χ4v) is 2.01. The second-order valence-corrected chi connectivity index (χ2v) is 4.25. The number of carbonyl (C=O) groups excluding carboxylic acids is 1. The average molecular weight is 234 g/mol. The van der Waals surface area contributed by atoms with Crippen LogP contribution in [0.15, 0.2) is 18.2 Å². The standard InChI is InChI=1S/C13H18N2O2/c1-3-15-11-8-10(9(2)14)4-5-12(11)17-7-6-13(15)16/h4-5,8-9H,3,6-7,14H2,1-2H3. The number of rotatable bonds is 2. The maximum atomic E-state index is 11.9. The quantitative estimate of drug-likeness (QED) is 0.849. The third-order valence-electron chi connectivity index (χ3n) is 2.99. The molecule has 0 saturated heterocycles. The second-order valence-electron chi connectivity index (χ2n) is 4.25. The van der Waals surface area contributed by atoms with Crippen LogP contribution < -0.4 is 15.4 Å². The molecule has 0 aromatic heterocycles. The van der Waals surface area contributed by atoms with Crippen molar-refractivity contribution in [3.63, 3.8) is 0 Å². The molecule has 4 heteroatoms. The molecular weight excluding hydrogens is 216 g/mol. The van der Waals surface area contributed by atoms with E-state index < -0.39 is 0 Å². The molecule has 1 unspecified atom stereocenters. The average Bonchev–Trinajstić information content (AvgIpc) is 2.46. The first-order chi connectivity index (χ1) is 8.13. The summed E-state index contributed by atoms with van der Waals surface area (Å²) in [5.74, 6) is 0.871. The molecule has 0 bridgehead atoms. The van der Waals surface area contributed by atoms with Crippen LogP contribution in [0.25, 0.3) is 0 Å². The summed E-state index contributed by atoms with van der Waals surface area (Å²) in [4.78, 5) is 13.7. The first-order valence-corrected chi connectivity index (χ1v) is 5.96. The topological polar surface area (TPSA) is 55.6 Å². The Balaban J connectivity index is 2.47. The lowest BCUT2D eigenvalue weighted by atomic mass is 10.1. The number of hydrogen-bond donors (Lipinski definition) is 1. The van der Waals surface area contributed by atoms with Gasteiger partial charge in [0, 0.05) is 12.6 Å². The van der Waals surface area contributed by atoms with Crippen molar-refractivity contribution in [3.05, 3.63) is 23.8 Å². The summed E-state index contributed by atoms with van der Waals surface area (Å²) in [7, 11) is 0. The van der Waals surface area contributed by atoms with Crippen LogP contribution >= 0.6 is 0 Å². The van der Waals surface area contributed by atoms with Gasteiger partial charge in [-0.2, -0.15) is 0 Å². The molecule has 2 rings (SSSR count). The summed E-state index contributed by atoms with van der Waals surface area (Å²) in [6.45, 7) is 4.99. The highest BCUT2D eigenvalue weighted by molar-refractivity contribution is 5.95. The Morgan fingerprint density at radius 2 is 2.29 bits per heavy atom. The monoisotopic (exact) mass is 234 g/mol.